The highest BCUT2D eigenvalue weighted by atomic mass is 16.5. The summed E-state index contributed by atoms with van der Waals surface area (Å²) in [6, 6.07) is 16.0. The van der Waals surface area contributed by atoms with Gasteiger partial charge < -0.3 is 10.1 Å². The quantitative estimate of drug-likeness (QED) is 0.504. The van der Waals surface area contributed by atoms with Gasteiger partial charge in [0.25, 0.3) is 0 Å². The zero-order chi connectivity index (χ0) is 16.5. The van der Waals surface area contributed by atoms with Crippen molar-refractivity contribution in [3.05, 3.63) is 60.2 Å². The van der Waals surface area contributed by atoms with Gasteiger partial charge >= 0.3 is 11.8 Å². The van der Waals surface area contributed by atoms with E-state index >= 15 is 0 Å². The molecule has 0 radical (unpaired) electrons. The molecule has 0 aliphatic carbocycles. The number of ether oxygens (including phenoxy) is 1. The lowest BCUT2D eigenvalue weighted by molar-refractivity contribution is -0.136. The summed E-state index contributed by atoms with van der Waals surface area (Å²) in [5, 5.41) is 6.22. The molecule has 2 aromatic carbocycles. The van der Waals surface area contributed by atoms with Gasteiger partial charge in [0.2, 0.25) is 0 Å². The van der Waals surface area contributed by atoms with Crippen LogP contribution in [0.15, 0.2) is 59.7 Å². The monoisotopic (exact) mass is 311 g/mol. The molecule has 0 unspecified atom stereocenters. The number of nitrogens with zero attached hydrogens (tertiary/aromatic N) is 1. The van der Waals surface area contributed by atoms with E-state index in [1.54, 1.807) is 24.3 Å². The number of anilines is 1. The third-order valence-corrected chi connectivity index (χ3v) is 2.81. The highest BCUT2D eigenvalue weighted by Gasteiger charge is 2.12. The van der Waals surface area contributed by atoms with E-state index in [1.807, 2.05) is 37.3 Å². The van der Waals surface area contributed by atoms with Gasteiger partial charge in [-0.2, -0.15) is 5.10 Å². The lowest BCUT2D eigenvalue weighted by atomic mass is 10.2. The Hall–Kier alpha value is -3.15. The van der Waals surface area contributed by atoms with Crippen LogP contribution in [0.25, 0.3) is 0 Å². The standard InChI is InChI=1S/C17H17N3O3/c1-2-23-15-10-8-14(9-11-15)19-16(21)17(22)20-18-12-13-6-4-3-5-7-13/h3-12H,2H2,1H3,(H,19,21)(H,20,22)/b18-12-. The smallest absolute Gasteiger partial charge is 0.329 e. The second-order valence-corrected chi connectivity index (χ2v) is 4.52. The first-order valence-electron chi connectivity index (χ1n) is 7.11. The number of amides is 2. The van der Waals surface area contributed by atoms with E-state index in [1.165, 1.54) is 6.21 Å². The van der Waals surface area contributed by atoms with Gasteiger partial charge in [-0.15, -0.1) is 0 Å². The summed E-state index contributed by atoms with van der Waals surface area (Å²) in [6.07, 6.45) is 1.46. The van der Waals surface area contributed by atoms with E-state index < -0.39 is 11.8 Å². The first kappa shape index (κ1) is 16.2. The van der Waals surface area contributed by atoms with Crippen LogP contribution in [0.4, 0.5) is 5.69 Å². The summed E-state index contributed by atoms with van der Waals surface area (Å²) in [7, 11) is 0. The van der Waals surface area contributed by atoms with Gasteiger partial charge in [0, 0.05) is 5.69 Å². The van der Waals surface area contributed by atoms with Crippen LogP contribution in [0.5, 0.6) is 5.75 Å². The topological polar surface area (TPSA) is 79.8 Å². The molecule has 2 amide bonds. The molecule has 0 atom stereocenters. The fourth-order valence-corrected chi connectivity index (χ4v) is 1.74. The van der Waals surface area contributed by atoms with Crippen molar-refractivity contribution in [3.63, 3.8) is 0 Å². The van der Waals surface area contributed by atoms with Crippen molar-refractivity contribution in [1.82, 2.24) is 5.43 Å². The van der Waals surface area contributed by atoms with Gasteiger partial charge in [0.15, 0.2) is 0 Å². The van der Waals surface area contributed by atoms with E-state index in [9.17, 15) is 9.59 Å². The Morgan fingerprint density at radius 3 is 2.39 bits per heavy atom. The molecule has 0 saturated carbocycles. The van der Waals surface area contributed by atoms with Gasteiger partial charge in [0.1, 0.15) is 5.75 Å². The minimum atomic E-state index is -0.842. The van der Waals surface area contributed by atoms with Crippen LogP contribution in [-0.2, 0) is 9.59 Å². The van der Waals surface area contributed by atoms with Crippen molar-refractivity contribution in [2.24, 2.45) is 5.10 Å². The molecule has 0 saturated heterocycles. The second-order valence-electron chi connectivity index (χ2n) is 4.52. The second kappa shape index (κ2) is 8.33. The molecule has 6 nitrogen and oxygen atoms in total. The van der Waals surface area contributed by atoms with Crippen LogP contribution >= 0.6 is 0 Å². The number of benzene rings is 2. The van der Waals surface area contributed by atoms with Crippen LogP contribution in [-0.4, -0.2) is 24.6 Å². The summed E-state index contributed by atoms with van der Waals surface area (Å²) < 4.78 is 5.30. The summed E-state index contributed by atoms with van der Waals surface area (Å²) in [5.41, 5.74) is 3.50. The average molecular weight is 311 g/mol. The highest BCUT2D eigenvalue weighted by molar-refractivity contribution is 6.39. The molecular weight excluding hydrogens is 294 g/mol. The SMILES string of the molecule is CCOc1ccc(NC(=O)C(=O)N/N=C\c2ccccc2)cc1. The number of hydrazone groups is 1. The molecule has 2 aromatic rings. The third-order valence-electron chi connectivity index (χ3n) is 2.81. The maximum absolute atomic E-state index is 11.7. The minimum Gasteiger partial charge on any atom is -0.494 e. The Balaban J connectivity index is 1.85. The maximum atomic E-state index is 11.7. The van der Waals surface area contributed by atoms with Crippen molar-refractivity contribution in [3.8, 4) is 5.75 Å². The summed E-state index contributed by atoms with van der Waals surface area (Å²) in [6.45, 7) is 2.45. The first-order chi connectivity index (χ1) is 11.2. The van der Waals surface area contributed by atoms with Gasteiger partial charge in [-0.25, -0.2) is 5.43 Å². The zero-order valence-corrected chi connectivity index (χ0v) is 12.7. The average Bonchev–Trinajstić information content (AvgIpc) is 2.57. The predicted octanol–water partition coefficient (Wildman–Crippen LogP) is 2.17. The Morgan fingerprint density at radius 2 is 1.74 bits per heavy atom. The Morgan fingerprint density at radius 1 is 1.04 bits per heavy atom. The van der Waals surface area contributed by atoms with Crippen LogP contribution in [0, 0.1) is 0 Å². The van der Waals surface area contributed by atoms with E-state index in [0.29, 0.717) is 18.0 Å². The van der Waals surface area contributed by atoms with E-state index in [-0.39, 0.29) is 0 Å². The molecule has 2 N–H and O–H groups in total. The Bertz CT molecular complexity index is 682. The summed E-state index contributed by atoms with van der Waals surface area (Å²) >= 11 is 0. The molecule has 0 bridgehead atoms. The maximum Gasteiger partial charge on any atom is 0.329 e. The number of carbonyl (C=O) groups excluding carboxylic acids is 2. The fourth-order valence-electron chi connectivity index (χ4n) is 1.74. The molecule has 0 aromatic heterocycles. The molecule has 2 rings (SSSR count). The molecule has 118 valence electrons. The third kappa shape index (κ3) is 5.28. The number of rotatable bonds is 5. The summed E-state index contributed by atoms with van der Waals surface area (Å²) in [4.78, 5) is 23.4. The van der Waals surface area contributed by atoms with E-state index in [0.717, 1.165) is 5.56 Å². The number of nitrogens with one attached hydrogen (secondary N) is 2. The number of hydrogen-bond donors (Lipinski definition) is 2. The predicted molar refractivity (Wildman–Crippen MR) is 88.4 cm³/mol. The molecule has 6 heteroatoms. The lowest BCUT2D eigenvalue weighted by Gasteiger charge is -2.06. The highest BCUT2D eigenvalue weighted by Crippen LogP contribution is 2.15. The first-order valence-corrected chi connectivity index (χ1v) is 7.11. The normalized spacial score (nSPS) is 10.3. The molecule has 23 heavy (non-hydrogen) atoms. The van der Waals surface area contributed by atoms with Crippen molar-refractivity contribution < 1.29 is 14.3 Å². The van der Waals surface area contributed by atoms with Gasteiger partial charge in [-0.05, 0) is 36.8 Å². The van der Waals surface area contributed by atoms with E-state index in [2.05, 4.69) is 15.8 Å². The van der Waals surface area contributed by atoms with Crippen molar-refractivity contribution in [1.29, 1.82) is 0 Å². The van der Waals surface area contributed by atoms with Crippen molar-refractivity contribution >= 4 is 23.7 Å². The molecule has 0 spiro atoms. The van der Waals surface area contributed by atoms with E-state index in [4.69, 9.17) is 4.74 Å². The molecule has 0 aliphatic rings. The minimum absolute atomic E-state index is 0.501. The van der Waals surface area contributed by atoms with Crippen LogP contribution < -0.4 is 15.5 Å². The Kier molecular flexibility index (Phi) is 5.88. The molecular formula is C17H17N3O3. The zero-order valence-electron chi connectivity index (χ0n) is 12.7. The largest absolute Gasteiger partial charge is 0.494 e. The fraction of sp³-hybridized carbons (Fsp3) is 0.118. The van der Waals surface area contributed by atoms with Gasteiger partial charge in [-0.3, -0.25) is 9.59 Å². The van der Waals surface area contributed by atoms with Gasteiger partial charge in [-0.1, -0.05) is 30.3 Å². The number of carbonyl (C=O) groups is 2. The Labute approximate surface area is 134 Å². The number of hydrogen-bond acceptors (Lipinski definition) is 4. The van der Waals surface area contributed by atoms with Crippen LogP contribution in [0.3, 0.4) is 0 Å². The van der Waals surface area contributed by atoms with Crippen molar-refractivity contribution in [2.75, 3.05) is 11.9 Å². The van der Waals surface area contributed by atoms with Gasteiger partial charge in [0.05, 0.1) is 12.8 Å². The van der Waals surface area contributed by atoms with Crippen LogP contribution in [0.1, 0.15) is 12.5 Å². The lowest BCUT2D eigenvalue weighted by Crippen LogP contribution is -2.32. The van der Waals surface area contributed by atoms with Crippen molar-refractivity contribution in [2.45, 2.75) is 6.92 Å². The van der Waals surface area contributed by atoms with Crippen LogP contribution in [0.2, 0.25) is 0 Å². The summed E-state index contributed by atoms with van der Waals surface area (Å²) in [5.74, 6) is -0.937. The molecule has 0 fully saturated rings. The molecule has 0 heterocycles. The molecule has 0 aliphatic heterocycles.